The number of benzene rings is 1. The zero-order valence-corrected chi connectivity index (χ0v) is 13.0. The summed E-state index contributed by atoms with van der Waals surface area (Å²) < 4.78 is 1.93. The maximum Gasteiger partial charge on any atom is 0.274 e. The number of nitrogens with zero attached hydrogens (tertiary/aromatic N) is 2. The molecule has 4 heteroatoms. The molecule has 1 aromatic carbocycles. The standard InChI is InChI=1S/C17H23N3O/c1-4-10-20-12-14(18)11-16(20)17(21)19(3)15-8-6-13(5-2)7-9-15/h6-9,11-12H,4-5,10,18H2,1-3H3. The minimum Gasteiger partial charge on any atom is -0.397 e. The van der Waals surface area contributed by atoms with E-state index < -0.39 is 0 Å². The van der Waals surface area contributed by atoms with Crippen molar-refractivity contribution in [3.05, 3.63) is 47.8 Å². The molecular formula is C17H23N3O. The minimum atomic E-state index is -0.0376. The molecule has 2 N–H and O–H groups in total. The lowest BCUT2D eigenvalue weighted by atomic mass is 10.1. The second kappa shape index (κ2) is 6.48. The molecule has 112 valence electrons. The number of anilines is 2. The van der Waals surface area contributed by atoms with E-state index in [-0.39, 0.29) is 5.91 Å². The van der Waals surface area contributed by atoms with Crippen molar-refractivity contribution in [2.45, 2.75) is 33.2 Å². The Balaban J connectivity index is 2.25. The fourth-order valence-corrected chi connectivity index (χ4v) is 2.38. The summed E-state index contributed by atoms with van der Waals surface area (Å²) in [5, 5.41) is 0. The van der Waals surface area contributed by atoms with Crippen LogP contribution in [0.2, 0.25) is 0 Å². The third kappa shape index (κ3) is 3.27. The summed E-state index contributed by atoms with van der Waals surface area (Å²) in [6.45, 7) is 4.99. The zero-order valence-electron chi connectivity index (χ0n) is 13.0. The van der Waals surface area contributed by atoms with Gasteiger partial charge < -0.3 is 15.2 Å². The molecule has 0 aliphatic heterocycles. The Labute approximate surface area is 126 Å². The molecule has 0 atom stereocenters. The van der Waals surface area contributed by atoms with Crippen LogP contribution >= 0.6 is 0 Å². The summed E-state index contributed by atoms with van der Waals surface area (Å²) in [5.41, 5.74) is 9.25. The molecule has 21 heavy (non-hydrogen) atoms. The van der Waals surface area contributed by atoms with E-state index in [4.69, 9.17) is 5.73 Å². The van der Waals surface area contributed by atoms with Gasteiger partial charge in [-0.3, -0.25) is 4.79 Å². The molecule has 0 saturated carbocycles. The first kappa shape index (κ1) is 15.2. The Bertz CT molecular complexity index is 613. The van der Waals surface area contributed by atoms with Gasteiger partial charge in [-0.05, 0) is 36.6 Å². The first-order valence-electron chi connectivity index (χ1n) is 7.39. The van der Waals surface area contributed by atoms with Crippen LogP contribution < -0.4 is 10.6 Å². The highest BCUT2D eigenvalue weighted by Gasteiger charge is 2.18. The summed E-state index contributed by atoms with van der Waals surface area (Å²) in [6.07, 6.45) is 3.78. The molecule has 0 radical (unpaired) electrons. The normalized spacial score (nSPS) is 10.6. The smallest absolute Gasteiger partial charge is 0.274 e. The van der Waals surface area contributed by atoms with E-state index in [2.05, 4.69) is 26.0 Å². The number of aryl methyl sites for hydroxylation is 2. The fraction of sp³-hybridized carbons (Fsp3) is 0.353. The van der Waals surface area contributed by atoms with Crippen molar-refractivity contribution in [3.63, 3.8) is 0 Å². The van der Waals surface area contributed by atoms with Gasteiger partial charge in [-0.15, -0.1) is 0 Å². The number of carbonyl (C=O) groups excluding carboxylic acids is 1. The van der Waals surface area contributed by atoms with Gasteiger partial charge in [0.05, 0.1) is 5.69 Å². The quantitative estimate of drug-likeness (QED) is 0.916. The molecule has 1 amide bonds. The van der Waals surface area contributed by atoms with Crippen LogP contribution in [0.3, 0.4) is 0 Å². The van der Waals surface area contributed by atoms with E-state index in [1.54, 1.807) is 18.0 Å². The molecule has 4 nitrogen and oxygen atoms in total. The number of rotatable bonds is 5. The highest BCUT2D eigenvalue weighted by molar-refractivity contribution is 6.05. The molecule has 2 rings (SSSR count). The van der Waals surface area contributed by atoms with E-state index in [0.29, 0.717) is 11.4 Å². The van der Waals surface area contributed by atoms with Crippen molar-refractivity contribution >= 4 is 17.3 Å². The van der Waals surface area contributed by atoms with Gasteiger partial charge in [0.15, 0.2) is 0 Å². The van der Waals surface area contributed by atoms with Crippen molar-refractivity contribution in [3.8, 4) is 0 Å². The third-order valence-corrected chi connectivity index (χ3v) is 3.64. The van der Waals surface area contributed by atoms with Crippen LogP contribution in [0.25, 0.3) is 0 Å². The maximum absolute atomic E-state index is 12.7. The van der Waals surface area contributed by atoms with Gasteiger partial charge in [-0.1, -0.05) is 26.0 Å². The average molecular weight is 285 g/mol. The molecule has 0 saturated heterocycles. The summed E-state index contributed by atoms with van der Waals surface area (Å²) in [6, 6.07) is 9.81. The van der Waals surface area contributed by atoms with Crippen LogP contribution in [-0.4, -0.2) is 17.5 Å². The minimum absolute atomic E-state index is 0.0376. The van der Waals surface area contributed by atoms with E-state index >= 15 is 0 Å². The van der Waals surface area contributed by atoms with E-state index in [0.717, 1.165) is 25.1 Å². The molecule has 0 fully saturated rings. The van der Waals surface area contributed by atoms with Gasteiger partial charge in [0.25, 0.3) is 5.91 Å². The van der Waals surface area contributed by atoms with Crippen LogP contribution in [0.1, 0.15) is 36.3 Å². The van der Waals surface area contributed by atoms with Crippen LogP contribution in [0.4, 0.5) is 11.4 Å². The van der Waals surface area contributed by atoms with Gasteiger partial charge in [-0.25, -0.2) is 0 Å². The van der Waals surface area contributed by atoms with Gasteiger partial charge >= 0.3 is 0 Å². The number of aromatic nitrogens is 1. The van der Waals surface area contributed by atoms with Gasteiger partial charge in [0.2, 0.25) is 0 Å². The molecule has 2 aromatic rings. The van der Waals surface area contributed by atoms with Crippen LogP contribution in [-0.2, 0) is 13.0 Å². The lowest BCUT2D eigenvalue weighted by molar-refractivity contribution is 0.0984. The predicted molar refractivity (Wildman–Crippen MR) is 87.7 cm³/mol. The zero-order chi connectivity index (χ0) is 15.4. The molecule has 0 spiro atoms. The Hall–Kier alpha value is -2.23. The molecule has 0 unspecified atom stereocenters. The monoisotopic (exact) mass is 285 g/mol. The van der Waals surface area contributed by atoms with Crippen molar-refractivity contribution in [1.82, 2.24) is 4.57 Å². The van der Waals surface area contributed by atoms with Crippen LogP contribution in [0, 0.1) is 0 Å². The van der Waals surface area contributed by atoms with Crippen molar-refractivity contribution in [1.29, 1.82) is 0 Å². The predicted octanol–water partition coefficient (Wildman–Crippen LogP) is 3.32. The van der Waals surface area contributed by atoms with Crippen molar-refractivity contribution in [2.75, 3.05) is 17.7 Å². The molecule has 0 aliphatic carbocycles. The Morgan fingerprint density at radius 3 is 2.48 bits per heavy atom. The summed E-state index contributed by atoms with van der Waals surface area (Å²) in [4.78, 5) is 14.3. The second-order valence-corrected chi connectivity index (χ2v) is 5.24. The summed E-state index contributed by atoms with van der Waals surface area (Å²) in [7, 11) is 1.79. The van der Waals surface area contributed by atoms with Gasteiger partial charge in [0, 0.05) is 25.5 Å². The highest BCUT2D eigenvalue weighted by Crippen LogP contribution is 2.19. The molecule has 0 bridgehead atoms. The Kier molecular flexibility index (Phi) is 4.68. The third-order valence-electron chi connectivity index (χ3n) is 3.64. The van der Waals surface area contributed by atoms with E-state index in [9.17, 15) is 4.79 Å². The first-order valence-corrected chi connectivity index (χ1v) is 7.39. The Morgan fingerprint density at radius 2 is 1.90 bits per heavy atom. The topological polar surface area (TPSA) is 51.3 Å². The van der Waals surface area contributed by atoms with Crippen molar-refractivity contribution in [2.24, 2.45) is 0 Å². The average Bonchev–Trinajstić information content (AvgIpc) is 2.87. The molecular weight excluding hydrogens is 262 g/mol. The molecule has 0 aliphatic rings. The number of nitrogen functional groups attached to an aromatic ring is 1. The number of carbonyl (C=O) groups is 1. The van der Waals surface area contributed by atoms with Crippen LogP contribution in [0.5, 0.6) is 0 Å². The second-order valence-electron chi connectivity index (χ2n) is 5.24. The fourth-order valence-electron chi connectivity index (χ4n) is 2.38. The number of amides is 1. The van der Waals surface area contributed by atoms with E-state index in [1.165, 1.54) is 5.56 Å². The first-order chi connectivity index (χ1) is 10.1. The molecule has 1 heterocycles. The van der Waals surface area contributed by atoms with Crippen molar-refractivity contribution < 1.29 is 4.79 Å². The summed E-state index contributed by atoms with van der Waals surface area (Å²) in [5.74, 6) is -0.0376. The van der Waals surface area contributed by atoms with Gasteiger partial charge in [-0.2, -0.15) is 0 Å². The lowest BCUT2D eigenvalue weighted by Gasteiger charge is -2.18. The van der Waals surface area contributed by atoms with Crippen LogP contribution in [0.15, 0.2) is 36.5 Å². The van der Waals surface area contributed by atoms with Gasteiger partial charge in [0.1, 0.15) is 5.69 Å². The highest BCUT2D eigenvalue weighted by atomic mass is 16.2. The number of hydrogen-bond donors (Lipinski definition) is 1. The largest absolute Gasteiger partial charge is 0.397 e. The number of hydrogen-bond acceptors (Lipinski definition) is 2. The van der Waals surface area contributed by atoms with E-state index in [1.807, 2.05) is 22.9 Å². The number of nitrogens with two attached hydrogens (primary N) is 1. The molecule has 1 aromatic heterocycles. The SMILES string of the molecule is CCCn1cc(N)cc1C(=O)N(C)c1ccc(CC)cc1. The summed E-state index contributed by atoms with van der Waals surface area (Å²) >= 11 is 0. The lowest BCUT2D eigenvalue weighted by Crippen LogP contribution is -2.28. The Morgan fingerprint density at radius 1 is 1.24 bits per heavy atom. The maximum atomic E-state index is 12.7.